The van der Waals surface area contributed by atoms with Gasteiger partial charge in [-0.05, 0) is 61.1 Å². The maximum atomic E-state index is 10.3. The van der Waals surface area contributed by atoms with Gasteiger partial charge in [0.25, 0.3) is 0 Å². The summed E-state index contributed by atoms with van der Waals surface area (Å²) < 4.78 is 11.2. The summed E-state index contributed by atoms with van der Waals surface area (Å²) in [5, 5.41) is 10.3. The van der Waals surface area contributed by atoms with Crippen LogP contribution in [0.4, 0.5) is 0 Å². The maximum absolute atomic E-state index is 10.3. The number of hydrogen-bond donors (Lipinski definition) is 1. The topological polar surface area (TPSA) is 38.7 Å². The Bertz CT molecular complexity index is 751. The van der Waals surface area contributed by atoms with Crippen LogP contribution >= 0.6 is 0 Å². The Kier molecular flexibility index (Phi) is 20.3. The Labute approximate surface area is 247 Å². The van der Waals surface area contributed by atoms with Crippen molar-refractivity contribution < 1.29 is 14.3 Å². The van der Waals surface area contributed by atoms with Crippen molar-refractivity contribution in [1.82, 2.24) is 0 Å². The van der Waals surface area contributed by atoms with E-state index in [1.54, 1.807) is 0 Å². The monoisotopic (exact) mass is 550 g/mol. The van der Waals surface area contributed by atoms with E-state index in [1.807, 2.05) is 24.3 Å². The minimum Gasteiger partial charge on any atom is -0.501 e. The third-order valence-electron chi connectivity index (χ3n) is 7.96. The van der Waals surface area contributed by atoms with Gasteiger partial charge in [-0.25, -0.2) is 0 Å². The molecule has 1 N–H and O–H groups in total. The Morgan fingerprint density at radius 3 is 1.00 bits per heavy atom. The molecule has 0 heterocycles. The molecule has 0 aliphatic rings. The van der Waals surface area contributed by atoms with Gasteiger partial charge in [-0.15, -0.1) is 0 Å². The van der Waals surface area contributed by atoms with Gasteiger partial charge in [-0.1, -0.05) is 154 Å². The highest BCUT2D eigenvalue weighted by Crippen LogP contribution is 2.19. The minimum atomic E-state index is -1.32. The first-order valence-electron chi connectivity index (χ1n) is 16.9. The number of aryl methyl sites for hydroxylation is 2. The van der Waals surface area contributed by atoms with Crippen LogP contribution in [0.5, 0.6) is 11.5 Å². The first-order valence-corrected chi connectivity index (χ1v) is 16.9. The molecule has 3 nitrogen and oxygen atoms in total. The Morgan fingerprint density at radius 2 is 0.700 bits per heavy atom. The van der Waals surface area contributed by atoms with Crippen LogP contribution in [0.3, 0.4) is 0 Å². The highest BCUT2D eigenvalue weighted by molar-refractivity contribution is 6.36. The molecule has 0 saturated heterocycles. The van der Waals surface area contributed by atoms with Crippen LogP contribution in [0.1, 0.15) is 153 Å². The van der Waals surface area contributed by atoms with Gasteiger partial charge in [0.15, 0.2) is 0 Å². The SMILES string of the molecule is CCCCCCCCCCCCc1ccc(OB(O)Oc2ccc(CCCCCCCCCCCC)cc2)cc1. The fraction of sp³-hybridized carbons (Fsp3) is 0.667. The fourth-order valence-corrected chi connectivity index (χ4v) is 5.36. The van der Waals surface area contributed by atoms with Gasteiger partial charge < -0.3 is 14.3 Å². The lowest BCUT2D eigenvalue weighted by molar-refractivity contribution is 0.298. The summed E-state index contributed by atoms with van der Waals surface area (Å²) in [4.78, 5) is 0. The van der Waals surface area contributed by atoms with Crippen LogP contribution in [0.2, 0.25) is 0 Å². The molecule has 0 aromatic heterocycles. The first kappa shape index (κ1) is 34.3. The molecular weight excluding hydrogens is 491 g/mol. The van der Waals surface area contributed by atoms with Gasteiger partial charge in [0.1, 0.15) is 11.5 Å². The number of rotatable bonds is 26. The van der Waals surface area contributed by atoms with Crippen LogP contribution in [-0.2, 0) is 12.8 Å². The predicted molar refractivity (Wildman–Crippen MR) is 173 cm³/mol. The van der Waals surface area contributed by atoms with Crippen molar-refractivity contribution in [3.05, 3.63) is 59.7 Å². The van der Waals surface area contributed by atoms with Gasteiger partial charge in [-0.2, -0.15) is 0 Å². The molecular formula is C36H59BO3. The summed E-state index contributed by atoms with van der Waals surface area (Å²) in [6.45, 7) is 4.55. The molecule has 0 radical (unpaired) electrons. The third kappa shape index (κ3) is 17.7. The molecule has 0 atom stereocenters. The van der Waals surface area contributed by atoms with E-state index in [0.29, 0.717) is 11.5 Å². The van der Waals surface area contributed by atoms with Gasteiger partial charge in [0, 0.05) is 0 Å². The van der Waals surface area contributed by atoms with Crippen LogP contribution in [0.25, 0.3) is 0 Å². The lowest BCUT2D eigenvalue weighted by atomic mass is 10.0. The van der Waals surface area contributed by atoms with Gasteiger partial charge >= 0.3 is 7.32 Å². The van der Waals surface area contributed by atoms with Crippen molar-refractivity contribution in [3.63, 3.8) is 0 Å². The standard InChI is InChI=1S/C36H59BO3/c1-3-5-7-9-11-13-15-17-19-21-23-33-25-29-35(30-26-33)39-37(38)40-36-31-27-34(28-32-36)24-22-20-18-16-14-12-10-8-6-4-2/h25-32,38H,3-24H2,1-2H3. The van der Waals surface area contributed by atoms with Crippen LogP contribution < -0.4 is 9.31 Å². The molecule has 0 fully saturated rings. The Morgan fingerprint density at radius 1 is 0.425 bits per heavy atom. The van der Waals surface area contributed by atoms with Crippen molar-refractivity contribution in [2.24, 2.45) is 0 Å². The Balaban J connectivity index is 1.52. The van der Waals surface area contributed by atoms with Crippen molar-refractivity contribution >= 4 is 7.32 Å². The molecule has 2 aromatic rings. The van der Waals surface area contributed by atoms with E-state index in [9.17, 15) is 5.02 Å². The van der Waals surface area contributed by atoms with E-state index in [0.717, 1.165) is 12.8 Å². The largest absolute Gasteiger partial charge is 0.785 e. The summed E-state index contributed by atoms with van der Waals surface area (Å²) in [6, 6.07) is 16.1. The van der Waals surface area contributed by atoms with Crippen molar-refractivity contribution in [2.75, 3.05) is 0 Å². The molecule has 0 aliphatic heterocycles. The van der Waals surface area contributed by atoms with Crippen molar-refractivity contribution in [1.29, 1.82) is 0 Å². The molecule has 0 aliphatic carbocycles. The lowest BCUT2D eigenvalue weighted by Gasteiger charge is -2.12. The summed E-state index contributed by atoms with van der Waals surface area (Å²) in [5.41, 5.74) is 2.64. The van der Waals surface area contributed by atoms with Crippen LogP contribution in [0, 0.1) is 0 Å². The van der Waals surface area contributed by atoms with E-state index < -0.39 is 7.32 Å². The normalized spacial score (nSPS) is 11.1. The summed E-state index contributed by atoms with van der Waals surface area (Å²) in [7, 11) is -1.32. The zero-order valence-electron chi connectivity index (χ0n) is 26.0. The minimum absolute atomic E-state index is 0.622. The molecule has 0 bridgehead atoms. The molecule has 0 unspecified atom stereocenters. The first-order chi connectivity index (χ1) is 19.7. The fourth-order valence-electron chi connectivity index (χ4n) is 5.36. The molecule has 40 heavy (non-hydrogen) atoms. The van der Waals surface area contributed by atoms with E-state index in [1.165, 1.54) is 140 Å². The molecule has 0 spiro atoms. The molecule has 224 valence electrons. The number of benzene rings is 2. The lowest BCUT2D eigenvalue weighted by Crippen LogP contribution is -2.29. The predicted octanol–water partition coefficient (Wildman–Crippen LogP) is 11.0. The molecule has 0 saturated carbocycles. The van der Waals surface area contributed by atoms with Crippen molar-refractivity contribution in [2.45, 2.75) is 155 Å². The average molecular weight is 551 g/mol. The highest BCUT2D eigenvalue weighted by atomic mass is 16.7. The van der Waals surface area contributed by atoms with Crippen LogP contribution in [0.15, 0.2) is 48.5 Å². The van der Waals surface area contributed by atoms with Gasteiger partial charge in [0.2, 0.25) is 0 Å². The molecule has 0 amide bonds. The molecule has 2 rings (SSSR count). The summed E-state index contributed by atoms with van der Waals surface area (Å²) in [6.07, 6.45) is 29.4. The second-order valence-corrected chi connectivity index (χ2v) is 11.7. The molecule has 4 heteroatoms. The smallest absolute Gasteiger partial charge is 0.501 e. The summed E-state index contributed by atoms with van der Waals surface area (Å²) >= 11 is 0. The quantitative estimate of drug-likeness (QED) is 0.0935. The van der Waals surface area contributed by atoms with Gasteiger partial charge in [-0.3, -0.25) is 0 Å². The highest BCUT2D eigenvalue weighted by Gasteiger charge is 2.21. The summed E-state index contributed by atoms with van der Waals surface area (Å²) in [5.74, 6) is 1.24. The van der Waals surface area contributed by atoms with E-state index >= 15 is 0 Å². The van der Waals surface area contributed by atoms with Crippen LogP contribution in [-0.4, -0.2) is 12.3 Å². The molecule has 2 aromatic carbocycles. The van der Waals surface area contributed by atoms with Crippen molar-refractivity contribution in [3.8, 4) is 11.5 Å². The number of hydrogen-bond acceptors (Lipinski definition) is 3. The van der Waals surface area contributed by atoms with E-state index in [4.69, 9.17) is 9.31 Å². The third-order valence-corrected chi connectivity index (χ3v) is 7.96. The Hall–Kier alpha value is -1.94. The second-order valence-electron chi connectivity index (χ2n) is 11.7. The zero-order chi connectivity index (χ0) is 28.5. The zero-order valence-corrected chi connectivity index (χ0v) is 26.0. The second kappa shape index (κ2) is 23.7. The maximum Gasteiger partial charge on any atom is 0.785 e. The van der Waals surface area contributed by atoms with Gasteiger partial charge in [0.05, 0.1) is 0 Å². The van der Waals surface area contributed by atoms with E-state index in [-0.39, 0.29) is 0 Å². The number of unbranched alkanes of at least 4 members (excludes halogenated alkanes) is 18. The van der Waals surface area contributed by atoms with E-state index in [2.05, 4.69) is 38.1 Å². The average Bonchev–Trinajstić information content (AvgIpc) is 2.96.